The number of aryl methyl sites for hydroxylation is 1. The van der Waals surface area contributed by atoms with Crippen LogP contribution in [0, 0.1) is 0 Å². The summed E-state index contributed by atoms with van der Waals surface area (Å²) in [4.78, 5) is 0. The van der Waals surface area contributed by atoms with Crippen molar-refractivity contribution in [3.8, 4) is 0 Å². The van der Waals surface area contributed by atoms with Crippen molar-refractivity contribution in [1.29, 1.82) is 0 Å². The number of anilines is 2. The maximum absolute atomic E-state index is 5.99. The molecule has 1 aromatic rings. The summed E-state index contributed by atoms with van der Waals surface area (Å²) in [5.41, 5.74) is 14.7. The van der Waals surface area contributed by atoms with Crippen LogP contribution in [0.3, 0.4) is 0 Å². The van der Waals surface area contributed by atoms with Gasteiger partial charge in [-0.1, -0.05) is 19.8 Å². The summed E-state index contributed by atoms with van der Waals surface area (Å²) in [7, 11) is 4.66. The van der Waals surface area contributed by atoms with Gasteiger partial charge in [0, 0.05) is 17.8 Å². The van der Waals surface area contributed by atoms with E-state index in [2.05, 4.69) is 21.0 Å². The fourth-order valence-corrected chi connectivity index (χ4v) is 2.62. The second-order valence-corrected chi connectivity index (χ2v) is 6.51. The minimum atomic E-state index is 0.808. The third-order valence-corrected chi connectivity index (χ3v) is 3.99. The molecule has 0 aliphatic heterocycles. The van der Waals surface area contributed by atoms with Crippen molar-refractivity contribution in [2.75, 3.05) is 38.7 Å². The molecule has 0 radical (unpaired) electrons. The van der Waals surface area contributed by atoms with E-state index in [9.17, 15) is 0 Å². The van der Waals surface area contributed by atoms with Crippen LogP contribution in [-0.2, 0) is 6.42 Å². The predicted octanol–water partition coefficient (Wildman–Crippen LogP) is 3.44. The molecular formula is C17H32N3+. The van der Waals surface area contributed by atoms with Crippen molar-refractivity contribution >= 4 is 11.4 Å². The molecule has 0 bridgehead atoms. The van der Waals surface area contributed by atoms with Crippen LogP contribution < -0.4 is 11.5 Å². The zero-order chi connectivity index (χ0) is 15.0. The lowest BCUT2D eigenvalue weighted by atomic mass is 10.1. The van der Waals surface area contributed by atoms with Gasteiger partial charge >= 0.3 is 0 Å². The van der Waals surface area contributed by atoms with Gasteiger partial charge in [0.05, 0.1) is 27.2 Å². The number of hydrogen-bond acceptors (Lipinski definition) is 2. The summed E-state index contributed by atoms with van der Waals surface area (Å²) in [6, 6.07) is 5.79. The van der Waals surface area contributed by atoms with E-state index in [1.165, 1.54) is 44.3 Å². The largest absolute Gasteiger partial charge is 0.399 e. The number of nitrogen functional groups attached to an aromatic ring is 2. The van der Waals surface area contributed by atoms with Crippen molar-refractivity contribution in [3.63, 3.8) is 0 Å². The van der Waals surface area contributed by atoms with Crippen LogP contribution in [0.25, 0.3) is 0 Å². The van der Waals surface area contributed by atoms with Gasteiger partial charge in [0.2, 0.25) is 0 Å². The van der Waals surface area contributed by atoms with E-state index >= 15 is 0 Å². The van der Waals surface area contributed by atoms with Crippen LogP contribution in [-0.4, -0.2) is 31.7 Å². The molecule has 0 aliphatic rings. The number of unbranched alkanes of at least 4 members (excludes halogenated alkanes) is 3. The van der Waals surface area contributed by atoms with E-state index in [1.54, 1.807) is 0 Å². The lowest BCUT2D eigenvalue weighted by Gasteiger charge is -2.30. The van der Waals surface area contributed by atoms with Gasteiger partial charge in [-0.3, -0.25) is 0 Å². The zero-order valence-corrected chi connectivity index (χ0v) is 13.5. The van der Waals surface area contributed by atoms with Crippen LogP contribution >= 0.6 is 0 Å². The van der Waals surface area contributed by atoms with Gasteiger partial charge in [-0.25, -0.2) is 0 Å². The van der Waals surface area contributed by atoms with Crippen LogP contribution in [0.2, 0.25) is 0 Å². The highest BCUT2D eigenvalue weighted by Crippen LogP contribution is 2.18. The zero-order valence-electron chi connectivity index (χ0n) is 13.5. The monoisotopic (exact) mass is 278 g/mol. The van der Waals surface area contributed by atoms with Crippen molar-refractivity contribution in [2.45, 2.75) is 45.4 Å². The first-order valence-electron chi connectivity index (χ1n) is 7.90. The maximum Gasteiger partial charge on any atom is 0.0785 e. The summed E-state index contributed by atoms with van der Waals surface area (Å²) >= 11 is 0. The van der Waals surface area contributed by atoms with Crippen molar-refractivity contribution in [1.82, 2.24) is 0 Å². The molecule has 0 heterocycles. The SMILES string of the molecule is CCCCCC[N+](C)(C)CCCc1cc(N)ccc1N. The molecule has 4 N–H and O–H groups in total. The molecule has 20 heavy (non-hydrogen) atoms. The van der Waals surface area contributed by atoms with E-state index in [4.69, 9.17) is 11.5 Å². The first-order chi connectivity index (χ1) is 9.44. The summed E-state index contributed by atoms with van der Waals surface area (Å²) in [5.74, 6) is 0. The molecule has 3 heteroatoms. The van der Waals surface area contributed by atoms with E-state index in [0.717, 1.165) is 28.7 Å². The van der Waals surface area contributed by atoms with Gasteiger partial charge in [-0.05, 0) is 43.0 Å². The highest BCUT2D eigenvalue weighted by molar-refractivity contribution is 5.55. The van der Waals surface area contributed by atoms with E-state index < -0.39 is 0 Å². The average Bonchev–Trinajstić information content (AvgIpc) is 2.39. The Labute approximate surface area is 124 Å². The number of quaternary nitrogens is 1. The van der Waals surface area contributed by atoms with E-state index in [1.807, 2.05) is 18.2 Å². The minimum Gasteiger partial charge on any atom is -0.399 e. The van der Waals surface area contributed by atoms with Crippen molar-refractivity contribution in [2.24, 2.45) is 0 Å². The topological polar surface area (TPSA) is 52.0 Å². The molecular weight excluding hydrogens is 246 g/mol. The Morgan fingerprint density at radius 1 is 0.950 bits per heavy atom. The fraction of sp³-hybridized carbons (Fsp3) is 0.647. The van der Waals surface area contributed by atoms with Crippen molar-refractivity contribution < 1.29 is 4.48 Å². The van der Waals surface area contributed by atoms with E-state index in [0.29, 0.717) is 0 Å². The van der Waals surface area contributed by atoms with Gasteiger partial charge in [0.25, 0.3) is 0 Å². The van der Waals surface area contributed by atoms with Crippen LogP contribution in [0.1, 0.15) is 44.6 Å². The van der Waals surface area contributed by atoms with Gasteiger partial charge < -0.3 is 16.0 Å². The number of benzene rings is 1. The summed E-state index contributed by atoms with van der Waals surface area (Å²) < 4.78 is 1.10. The Bertz CT molecular complexity index is 399. The fourth-order valence-electron chi connectivity index (χ4n) is 2.62. The standard InChI is InChI=1S/C17H32N3/c1-4-5-6-7-12-20(2,3)13-8-9-15-14-16(18)10-11-17(15)19/h10-11,14H,4-9,12-13,18-19H2,1-3H3/q+1. The predicted molar refractivity (Wildman–Crippen MR) is 89.6 cm³/mol. The Balaban J connectivity index is 2.33. The van der Waals surface area contributed by atoms with Gasteiger partial charge in [-0.15, -0.1) is 0 Å². The number of rotatable bonds is 9. The summed E-state index contributed by atoms with van der Waals surface area (Å²) in [5, 5.41) is 0. The quantitative estimate of drug-likeness (QED) is 0.413. The molecule has 3 nitrogen and oxygen atoms in total. The summed E-state index contributed by atoms with van der Waals surface area (Å²) in [6.45, 7) is 4.72. The highest BCUT2D eigenvalue weighted by atomic mass is 15.3. The first kappa shape index (κ1) is 16.8. The molecule has 0 aliphatic carbocycles. The van der Waals surface area contributed by atoms with Gasteiger partial charge in [0.1, 0.15) is 0 Å². The number of nitrogens with zero attached hydrogens (tertiary/aromatic N) is 1. The van der Waals surface area contributed by atoms with E-state index in [-0.39, 0.29) is 0 Å². The molecule has 1 aromatic carbocycles. The number of hydrogen-bond donors (Lipinski definition) is 2. The normalized spacial score (nSPS) is 11.8. The second-order valence-electron chi connectivity index (χ2n) is 6.51. The van der Waals surface area contributed by atoms with Gasteiger partial charge in [0.15, 0.2) is 0 Å². The molecule has 0 amide bonds. The smallest absolute Gasteiger partial charge is 0.0785 e. The third kappa shape index (κ3) is 6.29. The summed E-state index contributed by atoms with van der Waals surface area (Å²) in [6.07, 6.45) is 7.55. The Hall–Kier alpha value is -1.22. The molecule has 0 saturated heterocycles. The average molecular weight is 278 g/mol. The second kappa shape index (κ2) is 8.15. The molecule has 0 unspecified atom stereocenters. The molecule has 0 saturated carbocycles. The van der Waals surface area contributed by atoms with Crippen LogP contribution in [0.4, 0.5) is 11.4 Å². The highest BCUT2D eigenvalue weighted by Gasteiger charge is 2.14. The first-order valence-corrected chi connectivity index (χ1v) is 7.90. The van der Waals surface area contributed by atoms with Crippen LogP contribution in [0.15, 0.2) is 18.2 Å². The Morgan fingerprint density at radius 2 is 1.65 bits per heavy atom. The minimum absolute atomic E-state index is 0.808. The third-order valence-electron chi connectivity index (χ3n) is 3.99. The van der Waals surface area contributed by atoms with Crippen LogP contribution in [0.5, 0.6) is 0 Å². The lowest BCUT2D eigenvalue weighted by molar-refractivity contribution is -0.890. The molecule has 114 valence electrons. The number of nitrogens with two attached hydrogens (primary N) is 2. The van der Waals surface area contributed by atoms with Gasteiger partial charge in [-0.2, -0.15) is 0 Å². The van der Waals surface area contributed by atoms with Crippen molar-refractivity contribution in [3.05, 3.63) is 23.8 Å². The molecule has 0 aromatic heterocycles. The molecule has 0 spiro atoms. The maximum atomic E-state index is 5.99. The Morgan fingerprint density at radius 3 is 2.35 bits per heavy atom. The molecule has 1 rings (SSSR count). The molecule has 0 fully saturated rings. The Kier molecular flexibility index (Phi) is 6.86. The lowest BCUT2D eigenvalue weighted by Crippen LogP contribution is -2.41. The molecule has 0 atom stereocenters.